The van der Waals surface area contributed by atoms with E-state index in [0.717, 1.165) is 0 Å². The van der Waals surface area contributed by atoms with E-state index in [-0.39, 0.29) is 0 Å². The molecule has 0 saturated heterocycles. The van der Waals surface area contributed by atoms with Gasteiger partial charge >= 0.3 is 12.3 Å². The summed E-state index contributed by atoms with van der Waals surface area (Å²) in [6.45, 7) is 1.98. The Hall–Kier alpha value is -1.04. The highest BCUT2D eigenvalue weighted by molar-refractivity contribution is 5.88. The minimum Gasteiger partial charge on any atom is -0.391 e. The molecule has 0 fully saturated rings. The molecule has 3 nitrogen and oxygen atoms in total. The first-order valence-corrected chi connectivity index (χ1v) is 2.45. The molecular weight excluding hydrogens is 165 g/mol. The fourth-order valence-electron chi connectivity index (χ4n) is 0.242. The molecular formula is C5H5F3O3. The lowest BCUT2D eigenvalue weighted by atomic mass is 10.3. The average molecular weight is 170 g/mol. The van der Waals surface area contributed by atoms with E-state index in [9.17, 15) is 18.0 Å². The van der Waals surface area contributed by atoms with Gasteiger partial charge in [-0.3, -0.25) is 0 Å². The molecule has 0 atom stereocenters. The summed E-state index contributed by atoms with van der Waals surface area (Å²) in [6.07, 6.45) is -5.02. The van der Waals surface area contributed by atoms with Crippen molar-refractivity contribution < 1.29 is 27.8 Å². The zero-order valence-corrected chi connectivity index (χ0v) is 5.31. The molecule has 0 aromatic rings. The topological polar surface area (TPSA) is 46.5 Å². The molecule has 0 amide bonds. The largest absolute Gasteiger partial charge is 0.575 e. The molecule has 0 aromatic carbocycles. The van der Waals surface area contributed by atoms with Gasteiger partial charge in [-0.1, -0.05) is 6.58 Å². The third-order valence-electron chi connectivity index (χ3n) is 0.688. The van der Waals surface area contributed by atoms with Crippen molar-refractivity contribution in [1.82, 2.24) is 0 Å². The van der Waals surface area contributed by atoms with Crippen LogP contribution in [0.2, 0.25) is 0 Å². The molecule has 1 N–H and O–H groups in total. The van der Waals surface area contributed by atoms with Crippen LogP contribution in [-0.4, -0.2) is 24.0 Å². The Balaban J connectivity index is 3.99. The van der Waals surface area contributed by atoms with Gasteiger partial charge in [0, 0.05) is 0 Å². The SMILES string of the molecule is C=C(CO)C(=O)OC(F)(F)F. The molecule has 0 spiro atoms. The second-order valence-corrected chi connectivity index (χ2v) is 1.60. The number of aliphatic hydroxyl groups is 1. The number of hydrogen-bond acceptors (Lipinski definition) is 3. The number of alkyl halides is 3. The van der Waals surface area contributed by atoms with Crippen molar-refractivity contribution in [3.05, 3.63) is 12.2 Å². The summed E-state index contributed by atoms with van der Waals surface area (Å²) >= 11 is 0. The average Bonchev–Trinajstić information content (AvgIpc) is 1.82. The first-order chi connectivity index (χ1) is 4.87. The normalized spacial score (nSPS) is 10.9. The monoisotopic (exact) mass is 170 g/mol. The molecule has 0 heterocycles. The quantitative estimate of drug-likeness (QED) is 0.487. The first-order valence-electron chi connectivity index (χ1n) is 2.45. The minimum absolute atomic E-state index is 0.637. The second-order valence-electron chi connectivity index (χ2n) is 1.60. The number of carbonyl (C=O) groups excluding carboxylic acids is 1. The van der Waals surface area contributed by atoms with Crippen LogP contribution in [0.1, 0.15) is 0 Å². The Morgan fingerprint density at radius 3 is 2.27 bits per heavy atom. The fraction of sp³-hybridized carbons (Fsp3) is 0.400. The fourth-order valence-corrected chi connectivity index (χ4v) is 0.242. The van der Waals surface area contributed by atoms with Crippen molar-refractivity contribution in [3.63, 3.8) is 0 Å². The molecule has 6 heteroatoms. The zero-order valence-electron chi connectivity index (χ0n) is 5.31. The van der Waals surface area contributed by atoms with Crippen LogP contribution in [0.4, 0.5) is 13.2 Å². The van der Waals surface area contributed by atoms with Crippen LogP contribution in [-0.2, 0) is 9.53 Å². The maximum absolute atomic E-state index is 11.2. The smallest absolute Gasteiger partial charge is 0.391 e. The molecule has 0 aliphatic rings. The van der Waals surface area contributed by atoms with E-state index in [1.165, 1.54) is 0 Å². The lowest BCUT2D eigenvalue weighted by Crippen LogP contribution is -2.21. The molecule has 0 radical (unpaired) electrons. The van der Waals surface area contributed by atoms with Gasteiger partial charge in [-0.15, -0.1) is 13.2 Å². The van der Waals surface area contributed by atoms with Crippen LogP contribution in [0.25, 0.3) is 0 Å². The van der Waals surface area contributed by atoms with Crippen molar-refractivity contribution in [2.75, 3.05) is 6.61 Å². The van der Waals surface area contributed by atoms with E-state index < -0.39 is 24.5 Å². The van der Waals surface area contributed by atoms with E-state index in [1.54, 1.807) is 0 Å². The van der Waals surface area contributed by atoms with Crippen LogP contribution < -0.4 is 0 Å². The molecule has 0 bridgehead atoms. The highest BCUT2D eigenvalue weighted by Crippen LogP contribution is 2.17. The van der Waals surface area contributed by atoms with Crippen molar-refractivity contribution in [2.45, 2.75) is 6.36 Å². The van der Waals surface area contributed by atoms with Crippen molar-refractivity contribution in [2.24, 2.45) is 0 Å². The Morgan fingerprint density at radius 1 is 1.55 bits per heavy atom. The molecule has 11 heavy (non-hydrogen) atoms. The number of ether oxygens (including phenoxy) is 1. The summed E-state index contributed by atoms with van der Waals surface area (Å²) in [4.78, 5) is 10.2. The highest BCUT2D eigenvalue weighted by Gasteiger charge is 2.34. The Kier molecular flexibility index (Phi) is 3.06. The Bertz CT molecular complexity index is 172. The number of rotatable bonds is 2. The van der Waals surface area contributed by atoms with Crippen LogP contribution >= 0.6 is 0 Å². The summed E-state index contributed by atoms with van der Waals surface area (Å²) in [7, 11) is 0. The van der Waals surface area contributed by atoms with Crippen molar-refractivity contribution >= 4 is 5.97 Å². The maximum atomic E-state index is 11.2. The van der Waals surface area contributed by atoms with Gasteiger partial charge in [-0.25, -0.2) is 4.79 Å². The van der Waals surface area contributed by atoms with E-state index in [2.05, 4.69) is 11.3 Å². The van der Waals surface area contributed by atoms with Crippen molar-refractivity contribution in [1.29, 1.82) is 0 Å². The lowest BCUT2D eigenvalue weighted by Gasteiger charge is -2.06. The predicted octanol–water partition coefficient (Wildman–Crippen LogP) is 0.598. The first kappa shape index (κ1) is 9.96. The van der Waals surface area contributed by atoms with E-state index >= 15 is 0 Å². The number of halogens is 3. The second kappa shape index (κ2) is 3.38. The number of esters is 1. The molecule has 0 aliphatic carbocycles. The van der Waals surface area contributed by atoms with E-state index in [0.29, 0.717) is 0 Å². The maximum Gasteiger partial charge on any atom is 0.575 e. The highest BCUT2D eigenvalue weighted by atomic mass is 19.4. The Labute approximate surface area is 60.1 Å². The Morgan fingerprint density at radius 2 is 2.00 bits per heavy atom. The van der Waals surface area contributed by atoms with E-state index in [4.69, 9.17) is 5.11 Å². The van der Waals surface area contributed by atoms with Crippen LogP contribution in [0, 0.1) is 0 Å². The molecule has 0 aromatic heterocycles. The standard InChI is InChI=1S/C5H5F3O3/c1-3(2-9)4(10)11-5(6,7)8/h9H,1-2H2. The predicted molar refractivity (Wildman–Crippen MR) is 28.4 cm³/mol. The van der Waals surface area contributed by atoms with Gasteiger partial charge < -0.3 is 9.84 Å². The third kappa shape index (κ3) is 4.38. The summed E-state index contributed by atoms with van der Waals surface area (Å²) in [5, 5.41) is 8.13. The summed E-state index contributed by atoms with van der Waals surface area (Å²) in [5.74, 6) is -1.67. The summed E-state index contributed by atoms with van der Waals surface area (Å²) in [6, 6.07) is 0. The van der Waals surface area contributed by atoms with E-state index in [1.807, 2.05) is 0 Å². The summed E-state index contributed by atoms with van der Waals surface area (Å²) < 4.78 is 36.6. The molecule has 0 unspecified atom stereocenters. The van der Waals surface area contributed by atoms with Crippen molar-refractivity contribution in [3.8, 4) is 0 Å². The molecule has 0 saturated carbocycles. The zero-order chi connectivity index (χ0) is 9.07. The third-order valence-corrected chi connectivity index (χ3v) is 0.688. The van der Waals surface area contributed by atoms with Gasteiger partial charge in [0.2, 0.25) is 0 Å². The van der Waals surface area contributed by atoms with Gasteiger partial charge in [0.05, 0.1) is 12.2 Å². The number of hydrogen-bond donors (Lipinski definition) is 1. The van der Waals surface area contributed by atoms with Crippen LogP contribution in [0.5, 0.6) is 0 Å². The number of carbonyl (C=O) groups is 1. The lowest BCUT2D eigenvalue weighted by molar-refractivity contribution is -0.303. The molecule has 64 valence electrons. The van der Waals surface area contributed by atoms with Gasteiger partial charge in [0.15, 0.2) is 0 Å². The van der Waals surface area contributed by atoms with Gasteiger partial charge in [0.25, 0.3) is 0 Å². The van der Waals surface area contributed by atoms with Gasteiger partial charge in [0.1, 0.15) is 0 Å². The van der Waals surface area contributed by atoms with Gasteiger partial charge in [-0.05, 0) is 0 Å². The molecule has 0 aliphatic heterocycles. The van der Waals surface area contributed by atoms with Crippen LogP contribution in [0.3, 0.4) is 0 Å². The summed E-state index contributed by atoms with van der Waals surface area (Å²) in [5.41, 5.74) is -0.637. The number of aliphatic hydroxyl groups excluding tert-OH is 1. The van der Waals surface area contributed by atoms with Gasteiger partial charge in [-0.2, -0.15) is 0 Å². The minimum atomic E-state index is -5.02. The van der Waals surface area contributed by atoms with Crippen LogP contribution in [0.15, 0.2) is 12.2 Å². The molecule has 0 rings (SSSR count).